The molecule has 0 saturated carbocycles. The molecule has 1 aliphatic rings. The van der Waals surface area contributed by atoms with Crippen LogP contribution in [0, 0.1) is 0 Å². The first kappa shape index (κ1) is 12.0. The number of aryl methyl sites for hydroxylation is 1. The SMILES string of the molecule is Cn1cc(C(=O)N2CCCC2Cn2cccn2)cn1. The average molecular weight is 259 g/mol. The predicted molar refractivity (Wildman–Crippen MR) is 69.5 cm³/mol. The van der Waals surface area contributed by atoms with Crippen molar-refractivity contribution in [3.63, 3.8) is 0 Å². The van der Waals surface area contributed by atoms with Crippen LogP contribution in [0.5, 0.6) is 0 Å². The smallest absolute Gasteiger partial charge is 0.257 e. The minimum Gasteiger partial charge on any atom is -0.334 e. The summed E-state index contributed by atoms with van der Waals surface area (Å²) in [5.41, 5.74) is 0.662. The molecule has 0 bridgehead atoms. The highest BCUT2D eigenvalue weighted by molar-refractivity contribution is 5.94. The summed E-state index contributed by atoms with van der Waals surface area (Å²) < 4.78 is 3.55. The van der Waals surface area contributed by atoms with E-state index in [4.69, 9.17) is 0 Å². The fourth-order valence-corrected chi connectivity index (χ4v) is 2.61. The Kier molecular flexibility index (Phi) is 3.06. The molecule has 0 spiro atoms. The number of nitrogens with zero attached hydrogens (tertiary/aromatic N) is 5. The van der Waals surface area contributed by atoms with Gasteiger partial charge in [-0.1, -0.05) is 0 Å². The van der Waals surface area contributed by atoms with E-state index >= 15 is 0 Å². The lowest BCUT2D eigenvalue weighted by Gasteiger charge is -2.24. The lowest BCUT2D eigenvalue weighted by atomic mass is 10.2. The molecule has 0 aliphatic carbocycles. The molecule has 1 fully saturated rings. The molecule has 3 heterocycles. The van der Waals surface area contributed by atoms with E-state index < -0.39 is 0 Å². The predicted octanol–water partition coefficient (Wildman–Crippen LogP) is 0.921. The van der Waals surface area contributed by atoms with Gasteiger partial charge in [0.25, 0.3) is 5.91 Å². The topological polar surface area (TPSA) is 56.0 Å². The third-order valence-electron chi connectivity index (χ3n) is 3.55. The third kappa shape index (κ3) is 2.38. The van der Waals surface area contributed by atoms with E-state index in [1.807, 2.05) is 28.9 Å². The molecule has 0 aromatic carbocycles. The number of rotatable bonds is 3. The zero-order chi connectivity index (χ0) is 13.2. The van der Waals surface area contributed by atoms with Crippen LogP contribution >= 0.6 is 0 Å². The van der Waals surface area contributed by atoms with Crippen LogP contribution in [0.1, 0.15) is 23.2 Å². The Balaban J connectivity index is 1.74. The molecule has 0 radical (unpaired) electrons. The Bertz CT molecular complexity index is 559. The second-order valence-electron chi connectivity index (χ2n) is 4.93. The normalized spacial score (nSPS) is 19.0. The van der Waals surface area contributed by atoms with Crippen molar-refractivity contribution < 1.29 is 4.79 Å². The van der Waals surface area contributed by atoms with Crippen molar-refractivity contribution in [1.82, 2.24) is 24.5 Å². The molecule has 1 aliphatic heterocycles. The molecule has 1 atom stereocenters. The van der Waals surface area contributed by atoms with Crippen LogP contribution in [0.2, 0.25) is 0 Å². The number of hydrogen-bond donors (Lipinski definition) is 0. The molecule has 100 valence electrons. The molecular weight excluding hydrogens is 242 g/mol. The average Bonchev–Trinajstić information content (AvgIpc) is 3.10. The number of aromatic nitrogens is 4. The van der Waals surface area contributed by atoms with Gasteiger partial charge >= 0.3 is 0 Å². The van der Waals surface area contributed by atoms with Gasteiger partial charge in [0.1, 0.15) is 0 Å². The monoisotopic (exact) mass is 259 g/mol. The van der Waals surface area contributed by atoms with Crippen LogP contribution in [0.25, 0.3) is 0 Å². The second-order valence-corrected chi connectivity index (χ2v) is 4.93. The minimum absolute atomic E-state index is 0.0720. The lowest BCUT2D eigenvalue weighted by Crippen LogP contribution is -2.38. The van der Waals surface area contributed by atoms with Gasteiger partial charge in [0.15, 0.2) is 0 Å². The number of hydrogen-bond acceptors (Lipinski definition) is 3. The summed E-state index contributed by atoms with van der Waals surface area (Å²) in [6, 6.07) is 2.13. The molecule has 0 N–H and O–H groups in total. The van der Waals surface area contributed by atoms with Gasteiger partial charge in [0.2, 0.25) is 0 Å². The number of likely N-dealkylation sites (tertiary alicyclic amines) is 1. The van der Waals surface area contributed by atoms with Gasteiger partial charge < -0.3 is 4.90 Å². The van der Waals surface area contributed by atoms with Crippen LogP contribution in [0.15, 0.2) is 30.9 Å². The molecule has 2 aromatic rings. The molecule has 6 heteroatoms. The number of carbonyl (C=O) groups excluding carboxylic acids is 1. The highest BCUT2D eigenvalue weighted by Gasteiger charge is 2.30. The summed E-state index contributed by atoms with van der Waals surface area (Å²) in [4.78, 5) is 14.4. The van der Waals surface area contributed by atoms with Crippen LogP contribution in [-0.4, -0.2) is 43.0 Å². The van der Waals surface area contributed by atoms with Crippen LogP contribution in [0.3, 0.4) is 0 Å². The maximum Gasteiger partial charge on any atom is 0.257 e. The van der Waals surface area contributed by atoms with E-state index in [-0.39, 0.29) is 11.9 Å². The molecular formula is C13H17N5O. The molecule has 1 amide bonds. The van der Waals surface area contributed by atoms with Crippen molar-refractivity contribution in [2.24, 2.45) is 7.05 Å². The van der Waals surface area contributed by atoms with Crippen molar-refractivity contribution in [3.8, 4) is 0 Å². The van der Waals surface area contributed by atoms with Crippen molar-refractivity contribution in [3.05, 3.63) is 36.4 Å². The van der Waals surface area contributed by atoms with Gasteiger partial charge in [-0.25, -0.2) is 0 Å². The quantitative estimate of drug-likeness (QED) is 0.823. The third-order valence-corrected chi connectivity index (χ3v) is 3.55. The Morgan fingerprint density at radius 2 is 2.37 bits per heavy atom. The zero-order valence-corrected chi connectivity index (χ0v) is 10.9. The summed E-state index contributed by atoms with van der Waals surface area (Å²) in [7, 11) is 1.82. The Hall–Kier alpha value is -2.11. The van der Waals surface area contributed by atoms with Crippen LogP contribution in [-0.2, 0) is 13.6 Å². The maximum absolute atomic E-state index is 12.4. The fraction of sp³-hybridized carbons (Fsp3) is 0.462. The standard InChI is InChI=1S/C13H17N5O/c1-16-9-11(8-15-16)13(19)18-7-2-4-12(18)10-17-6-3-5-14-17/h3,5-6,8-9,12H,2,4,7,10H2,1H3. The summed E-state index contributed by atoms with van der Waals surface area (Å²) in [6.45, 7) is 1.58. The number of carbonyl (C=O) groups is 1. The summed E-state index contributed by atoms with van der Waals surface area (Å²) in [6.07, 6.45) is 9.19. The van der Waals surface area contributed by atoms with Crippen molar-refractivity contribution in [2.75, 3.05) is 6.54 Å². The molecule has 1 saturated heterocycles. The molecule has 1 unspecified atom stereocenters. The molecule has 2 aromatic heterocycles. The summed E-state index contributed by atoms with van der Waals surface area (Å²) >= 11 is 0. The second kappa shape index (κ2) is 4.87. The number of amides is 1. The van der Waals surface area contributed by atoms with Gasteiger partial charge in [-0.05, 0) is 18.9 Å². The highest BCUT2D eigenvalue weighted by Crippen LogP contribution is 2.21. The largest absolute Gasteiger partial charge is 0.334 e. The Labute approximate surface area is 111 Å². The first-order chi connectivity index (χ1) is 9.24. The van der Waals surface area contributed by atoms with Crippen molar-refractivity contribution >= 4 is 5.91 Å². The van der Waals surface area contributed by atoms with Gasteiger partial charge in [-0.2, -0.15) is 10.2 Å². The lowest BCUT2D eigenvalue weighted by molar-refractivity contribution is 0.0721. The van der Waals surface area contributed by atoms with Gasteiger partial charge in [-0.15, -0.1) is 0 Å². The van der Waals surface area contributed by atoms with E-state index in [1.165, 1.54) is 0 Å². The van der Waals surface area contributed by atoms with Gasteiger partial charge in [0.05, 0.1) is 24.3 Å². The van der Waals surface area contributed by atoms with Crippen LogP contribution in [0.4, 0.5) is 0 Å². The van der Waals surface area contributed by atoms with Gasteiger partial charge in [-0.3, -0.25) is 14.2 Å². The van der Waals surface area contributed by atoms with E-state index in [9.17, 15) is 4.79 Å². The van der Waals surface area contributed by atoms with E-state index in [1.54, 1.807) is 23.3 Å². The van der Waals surface area contributed by atoms with E-state index in [0.29, 0.717) is 5.56 Å². The Morgan fingerprint density at radius 3 is 3.05 bits per heavy atom. The maximum atomic E-state index is 12.4. The van der Waals surface area contributed by atoms with Crippen LogP contribution < -0.4 is 0 Å². The van der Waals surface area contributed by atoms with Crippen molar-refractivity contribution in [1.29, 1.82) is 0 Å². The van der Waals surface area contributed by atoms with Gasteiger partial charge in [0, 0.05) is 32.2 Å². The highest BCUT2D eigenvalue weighted by atomic mass is 16.2. The first-order valence-electron chi connectivity index (χ1n) is 6.51. The zero-order valence-electron chi connectivity index (χ0n) is 10.9. The van der Waals surface area contributed by atoms with E-state index in [0.717, 1.165) is 25.9 Å². The molecule has 6 nitrogen and oxygen atoms in total. The molecule has 19 heavy (non-hydrogen) atoms. The van der Waals surface area contributed by atoms with Crippen molar-refractivity contribution in [2.45, 2.75) is 25.4 Å². The minimum atomic E-state index is 0.0720. The first-order valence-corrected chi connectivity index (χ1v) is 6.51. The fourth-order valence-electron chi connectivity index (χ4n) is 2.61. The van der Waals surface area contributed by atoms with E-state index in [2.05, 4.69) is 10.2 Å². The Morgan fingerprint density at radius 1 is 1.47 bits per heavy atom. The molecule has 3 rings (SSSR count). The summed E-state index contributed by atoms with van der Waals surface area (Å²) in [5.74, 6) is 0.0720. The summed E-state index contributed by atoms with van der Waals surface area (Å²) in [5, 5.41) is 8.27.